The number of phenols is 3. The second-order valence-corrected chi connectivity index (χ2v) is 2.78. The highest BCUT2D eigenvalue weighted by molar-refractivity contribution is 6.51. The predicted molar refractivity (Wildman–Crippen MR) is 52.5 cm³/mol. The highest BCUT2D eigenvalue weighted by Crippen LogP contribution is 2.30. The van der Waals surface area contributed by atoms with Gasteiger partial charge in [0.25, 0.3) is 0 Å². The number of nitriles is 1. The summed E-state index contributed by atoms with van der Waals surface area (Å²) in [6.07, 6.45) is 0. The Kier molecular flexibility index (Phi) is 2.11. The third-order valence-electron chi connectivity index (χ3n) is 2.08. The van der Waals surface area contributed by atoms with Crippen LogP contribution in [0.5, 0.6) is 17.2 Å². The molecule has 64 valence electrons. The van der Waals surface area contributed by atoms with E-state index < -0.39 is 5.75 Å². The van der Waals surface area contributed by atoms with E-state index in [2.05, 4.69) is 0 Å². The maximum absolute atomic E-state index is 9.39. The molecule has 0 spiro atoms. The van der Waals surface area contributed by atoms with Crippen molar-refractivity contribution in [1.29, 1.82) is 5.26 Å². The molecule has 0 radical (unpaired) electrons. The summed E-state index contributed by atoms with van der Waals surface area (Å²) in [6.45, 7) is 0. The van der Waals surface area contributed by atoms with Crippen LogP contribution in [0.1, 0.15) is 5.56 Å². The van der Waals surface area contributed by atoms with E-state index >= 15 is 0 Å². The van der Waals surface area contributed by atoms with E-state index in [0.29, 0.717) is 10.9 Å². The van der Waals surface area contributed by atoms with Gasteiger partial charge < -0.3 is 15.3 Å². The van der Waals surface area contributed by atoms with E-state index in [4.69, 9.17) is 5.26 Å². The lowest BCUT2D eigenvalue weighted by Crippen LogP contribution is -2.26. The Balaban J connectivity index is 3.69. The highest BCUT2D eigenvalue weighted by Gasteiger charge is 2.17. The Hall–Kier alpha value is -1.76. The zero-order valence-corrected chi connectivity index (χ0v) is 7.29. The second-order valence-electron chi connectivity index (χ2n) is 2.78. The van der Waals surface area contributed by atoms with Gasteiger partial charge in [-0.1, -0.05) is 0 Å². The first kappa shape index (κ1) is 9.33. The Bertz CT molecular complexity index is 382. The van der Waals surface area contributed by atoms with Gasteiger partial charge in [0.05, 0.1) is 0 Å². The summed E-state index contributed by atoms with van der Waals surface area (Å²) in [6, 6.07) is 1.61. The van der Waals surface area contributed by atoms with E-state index in [-0.39, 0.29) is 17.1 Å². The molecule has 0 heterocycles. The standard InChI is InChI=1S/C7H7B2NO3/c8-3-4(9)7(13)6(12)2(1-10)5(3)11/h11-13H,8-9H2. The molecule has 4 nitrogen and oxygen atoms in total. The van der Waals surface area contributed by atoms with Crippen molar-refractivity contribution in [2.45, 2.75) is 0 Å². The summed E-state index contributed by atoms with van der Waals surface area (Å²) < 4.78 is 0. The van der Waals surface area contributed by atoms with Crippen LogP contribution in [0.15, 0.2) is 0 Å². The number of rotatable bonds is 0. The van der Waals surface area contributed by atoms with Gasteiger partial charge in [0.1, 0.15) is 33.1 Å². The van der Waals surface area contributed by atoms with Crippen LogP contribution in [0.3, 0.4) is 0 Å². The molecule has 6 heteroatoms. The van der Waals surface area contributed by atoms with Crippen molar-refractivity contribution in [1.82, 2.24) is 0 Å². The van der Waals surface area contributed by atoms with E-state index in [1.807, 2.05) is 0 Å². The van der Waals surface area contributed by atoms with Gasteiger partial charge in [0.2, 0.25) is 0 Å². The monoisotopic (exact) mass is 175 g/mol. The molecule has 0 aliphatic rings. The van der Waals surface area contributed by atoms with Crippen molar-refractivity contribution < 1.29 is 15.3 Å². The molecule has 1 rings (SSSR count). The van der Waals surface area contributed by atoms with E-state index in [0.717, 1.165) is 0 Å². The number of hydrogen-bond donors (Lipinski definition) is 3. The minimum Gasteiger partial charge on any atom is -0.507 e. The summed E-state index contributed by atoms with van der Waals surface area (Å²) in [5.74, 6) is -1.20. The van der Waals surface area contributed by atoms with Gasteiger partial charge in [-0.3, -0.25) is 0 Å². The normalized spacial score (nSPS) is 9.46. The molecule has 0 aliphatic carbocycles. The predicted octanol–water partition coefficient (Wildman–Crippen LogP) is -2.81. The number of hydrogen-bond acceptors (Lipinski definition) is 4. The molecule has 0 saturated carbocycles. The van der Waals surface area contributed by atoms with Crippen LogP contribution in [-0.2, 0) is 0 Å². The molecule has 0 fully saturated rings. The molecule has 1 aromatic carbocycles. The Morgan fingerprint density at radius 2 is 1.38 bits per heavy atom. The number of benzene rings is 1. The lowest BCUT2D eigenvalue weighted by Gasteiger charge is -2.10. The zero-order valence-electron chi connectivity index (χ0n) is 7.29. The van der Waals surface area contributed by atoms with Crippen LogP contribution in [0.4, 0.5) is 0 Å². The third-order valence-corrected chi connectivity index (χ3v) is 2.08. The third kappa shape index (κ3) is 1.18. The Morgan fingerprint density at radius 3 is 1.85 bits per heavy atom. The molecule has 3 N–H and O–H groups in total. The van der Waals surface area contributed by atoms with Gasteiger partial charge in [0, 0.05) is 0 Å². The molecular formula is C7H7B2NO3. The van der Waals surface area contributed by atoms with Gasteiger partial charge in [-0.2, -0.15) is 5.26 Å². The van der Waals surface area contributed by atoms with E-state index in [9.17, 15) is 15.3 Å². The van der Waals surface area contributed by atoms with Crippen LogP contribution < -0.4 is 10.9 Å². The quantitative estimate of drug-likeness (QED) is 0.225. The molecule has 0 saturated heterocycles. The highest BCUT2D eigenvalue weighted by atomic mass is 16.3. The van der Waals surface area contributed by atoms with Crippen molar-refractivity contribution in [2.24, 2.45) is 0 Å². The minimum atomic E-state index is -0.567. The van der Waals surface area contributed by atoms with Gasteiger partial charge in [0.15, 0.2) is 11.5 Å². The fourth-order valence-electron chi connectivity index (χ4n) is 1.06. The van der Waals surface area contributed by atoms with E-state index in [1.54, 1.807) is 21.8 Å². The summed E-state index contributed by atoms with van der Waals surface area (Å²) in [5, 5.41) is 36.5. The fraction of sp³-hybridized carbons (Fsp3) is 0. The molecule has 0 aromatic heterocycles. The summed E-state index contributed by atoms with van der Waals surface area (Å²) in [7, 11) is 3.11. The summed E-state index contributed by atoms with van der Waals surface area (Å²) in [5.41, 5.74) is 0.474. The van der Waals surface area contributed by atoms with Crippen molar-refractivity contribution in [3.05, 3.63) is 5.56 Å². The first-order valence-corrected chi connectivity index (χ1v) is 3.64. The van der Waals surface area contributed by atoms with Crippen LogP contribution in [0.2, 0.25) is 0 Å². The summed E-state index contributed by atoms with van der Waals surface area (Å²) >= 11 is 0. The molecule has 0 aliphatic heterocycles. The lowest BCUT2D eigenvalue weighted by molar-refractivity contribution is 0.399. The van der Waals surface area contributed by atoms with Crippen LogP contribution in [-0.4, -0.2) is 31.0 Å². The molecule has 0 amide bonds. The molecular weight excluding hydrogens is 168 g/mol. The number of nitrogens with zero attached hydrogens (tertiary/aromatic N) is 1. The maximum atomic E-state index is 9.39. The summed E-state index contributed by atoms with van der Waals surface area (Å²) in [4.78, 5) is 0. The van der Waals surface area contributed by atoms with Crippen LogP contribution in [0.25, 0.3) is 0 Å². The van der Waals surface area contributed by atoms with Crippen LogP contribution in [0, 0.1) is 11.3 Å². The topological polar surface area (TPSA) is 84.5 Å². The Morgan fingerprint density at radius 1 is 0.923 bits per heavy atom. The van der Waals surface area contributed by atoms with Crippen molar-refractivity contribution in [2.75, 3.05) is 0 Å². The molecule has 0 bridgehead atoms. The number of aromatic hydroxyl groups is 3. The van der Waals surface area contributed by atoms with Crippen molar-refractivity contribution in [3.8, 4) is 23.3 Å². The van der Waals surface area contributed by atoms with Gasteiger partial charge >= 0.3 is 0 Å². The lowest BCUT2D eigenvalue weighted by atomic mass is 9.78. The van der Waals surface area contributed by atoms with Gasteiger partial charge in [-0.15, -0.1) is 0 Å². The van der Waals surface area contributed by atoms with Crippen LogP contribution >= 0.6 is 0 Å². The molecule has 0 atom stereocenters. The minimum absolute atomic E-state index is 0.282. The van der Waals surface area contributed by atoms with Crippen molar-refractivity contribution in [3.63, 3.8) is 0 Å². The first-order chi connectivity index (χ1) is 6.00. The largest absolute Gasteiger partial charge is 0.507 e. The smallest absolute Gasteiger partial charge is 0.178 e. The fourth-order valence-corrected chi connectivity index (χ4v) is 1.06. The Labute approximate surface area is 76.9 Å². The first-order valence-electron chi connectivity index (χ1n) is 3.64. The molecule has 1 aromatic rings. The van der Waals surface area contributed by atoms with Gasteiger partial charge in [-0.25, -0.2) is 0 Å². The second kappa shape index (κ2) is 2.94. The van der Waals surface area contributed by atoms with Crippen molar-refractivity contribution >= 4 is 26.6 Å². The number of phenolic OH excluding ortho intramolecular Hbond substituents is 3. The zero-order chi connectivity index (χ0) is 10.2. The van der Waals surface area contributed by atoms with E-state index in [1.165, 1.54) is 0 Å². The van der Waals surface area contributed by atoms with Gasteiger partial charge in [-0.05, 0) is 10.9 Å². The SMILES string of the molecule is Bc1c(B)c(O)c(C#N)c(O)c1O. The molecule has 0 unspecified atom stereocenters. The average Bonchev–Trinajstić information content (AvgIpc) is 2.13. The average molecular weight is 175 g/mol. The molecule has 13 heavy (non-hydrogen) atoms. The maximum Gasteiger partial charge on any atom is 0.178 e.